The van der Waals surface area contributed by atoms with Crippen LogP contribution >= 0.6 is 0 Å². The molecule has 0 unspecified atom stereocenters. The highest BCUT2D eigenvalue weighted by Gasteiger charge is 2.29. The second-order valence-corrected chi connectivity index (χ2v) is 8.39. The summed E-state index contributed by atoms with van der Waals surface area (Å²) >= 11 is 0. The molecule has 0 atom stereocenters. The summed E-state index contributed by atoms with van der Waals surface area (Å²) < 4.78 is 0. The van der Waals surface area contributed by atoms with E-state index in [0.717, 1.165) is 35.3 Å². The molecule has 0 spiro atoms. The Morgan fingerprint density at radius 1 is 0.853 bits per heavy atom. The van der Waals surface area contributed by atoms with Gasteiger partial charge in [-0.05, 0) is 61.2 Å². The van der Waals surface area contributed by atoms with Crippen molar-refractivity contribution < 1.29 is 14.4 Å². The molecule has 1 aliphatic carbocycles. The first-order valence-corrected chi connectivity index (χ1v) is 11.4. The molecule has 0 aliphatic heterocycles. The fourth-order valence-electron chi connectivity index (χ4n) is 3.54. The molecule has 34 heavy (non-hydrogen) atoms. The van der Waals surface area contributed by atoms with E-state index in [1.165, 1.54) is 0 Å². The first kappa shape index (κ1) is 23.0. The molecule has 0 bridgehead atoms. The van der Waals surface area contributed by atoms with E-state index in [2.05, 4.69) is 21.3 Å². The molecule has 1 fully saturated rings. The first-order valence-electron chi connectivity index (χ1n) is 11.4. The number of anilines is 3. The average Bonchev–Trinajstić information content (AvgIpc) is 3.70. The Morgan fingerprint density at radius 3 is 2.35 bits per heavy atom. The van der Waals surface area contributed by atoms with Crippen LogP contribution in [0.2, 0.25) is 0 Å². The van der Waals surface area contributed by atoms with Gasteiger partial charge in [0.2, 0.25) is 11.8 Å². The van der Waals surface area contributed by atoms with Crippen LogP contribution in [-0.4, -0.2) is 24.3 Å². The predicted octanol–water partition coefficient (Wildman–Crippen LogP) is 4.32. The quantitative estimate of drug-likeness (QED) is 0.385. The molecule has 3 aromatic carbocycles. The SMILES string of the molecule is Cc1c(NCC(=O)Nc2cccc(C(=O)NCc3ccccc3)c2)cccc1NC(=O)C1CC1. The van der Waals surface area contributed by atoms with Crippen LogP contribution in [0.25, 0.3) is 0 Å². The molecule has 3 aromatic rings. The van der Waals surface area contributed by atoms with Crippen molar-refractivity contribution >= 4 is 34.8 Å². The molecule has 3 amide bonds. The normalized spacial score (nSPS) is 12.5. The summed E-state index contributed by atoms with van der Waals surface area (Å²) in [4.78, 5) is 37.1. The van der Waals surface area contributed by atoms with Crippen molar-refractivity contribution in [3.8, 4) is 0 Å². The van der Waals surface area contributed by atoms with Gasteiger partial charge in [-0.25, -0.2) is 0 Å². The topological polar surface area (TPSA) is 99.3 Å². The van der Waals surface area contributed by atoms with Crippen LogP contribution in [0.4, 0.5) is 17.1 Å². The highest BCUT2D eigenvalue weighted by Crippen LogP contribution is 2.31. The van der Waals surface area contributed by atoms with E-state index in [9.17, 15) is 14.4 Å². The second kappa shape index (κ2) is 10.7. The van der Waals surface area contributed by atoms with Crippen LogP contribution in [0.3, 0.4) is 0 Å². The third-order valence-electron chi connectivity index (χ3n) is 5.68. The summed E-state index contributed by atoms with van der Waals surface area (Å²) in [6, 6.07) is 22.1. The van der Waals surface area contributed by atoms with Gasteiger partial charge in [-0.15, -0.1) is 0 Å². The maximum atomic E-state index is 12.5. The van der Waals surface area contributed by atoms with Gasteiger partial charge >= 0.3 is 0 Å². The van der Waals surface area contributed by atoms with E-state index in [1.807, 2.05) is 55.5 Å². The van der Waals surface area contributed by atoms with Crippen LogP contribution in [0, 0.1) is 12.8 Å². The largest absolute Gasteiger partial charge is 0.376 e. The number of hydrogen-bond donors (Lipinski definition) is 4. The van der Waals surface area contributed by atoms with Gasteiger partial charge in [0.25, 0.3) is 5.91 Å². The van der Waals surface area contributed by atoms with Crippen molar-refractivity contribution in [2.75, 3.05) is 22.5 Å². The smallest absolute Gasteiger partial charge is 0.251 e. The maximum Gasteiger partial charge on any atom is 0.251 e. The van der Waals surface area contributed by atoms with Crippen molar-refractivity contribution in [3.63, 3.8) is 0 Å². The molecule has 1 aliphatic rings. The lowest BCUT2D eigenvalue weighted by Crippen LogP contribution is -2.24. The molecule has 7 nitrogen and oxygen atoms in total. The van der Waals surface area contributed by atoms with E-state index in [1.54, 1.807) is 24.3 Å². The molecule has 0 heterocycles. The van der Waals surface area contributed by atoms with Gasteiger partial charge in [0.15, 0.2) is 0 Å². The zero-order chi connectivity index (χ0) is 23.9. The third kappa shape index (κ3) is 6.22. The Labute approximate surface area is 199 Å². The second-order valence-electron chi connectivity index (χ2n) is 8.39. The van der Waals surface area contributed by atoms with Crippen LogP contribution in [-0.2, 0) is 16.1 Å². The fraction of sp³-hybridized carbons (Fsp3) is 0.222. The van der Waals surface area contributed by atoms with Crippen LogP contribution < -0.4 is 21.3 Å². The standard InChI is InChI=1S/C27H28N4O3/c1-18-23(11-6-12-24(18)31-27(34)20-13-14-20)28-17-25(32)30-22-10-5-9-21(15-22)26(33)29-16-19-7-3-2-4-8-19/h2-12,15,20,28H,13-14,16-17H2,1H3,(H,29,33)(H,30,32)(H,31,34). The molecule has 7 heteroatoms. The van der Waals surface area contributed by atoms with Crippen molar-refractivity contribution in [3.05, 3.63) is 89.5 Å². The van der Waals surface area contributed by atoms with E-state index in [0.29, 0.717) is 17.8 Å². The minimum Gasteiger partial charge on any atom is -0.376 e. The molecule has 4 N–H and O–H groups in total. The third-order valence-corrected chi connectivity index (χ3v) is 5.68. The lowest BCUT2D eigenvalue weighted by molar-refractivity contribution is -0.117. The number of nitrogens with one attached hydrogen (secondary N) is 4. The Hall–Kier alpha value is -4.13. The van der Waals surface area contributed by atoms with E-state index in [-0.39, 0.29) is 30.2 Å². The maximum absolute atomic E-state index is 12.5. The van der Waals surface area contributed by atoms with Crippen molar-refractivity contribution in [1.82, 2.24) is 5.32 Å². The Morgan fingerprint density at radius 2 is 1.59 bits per heavy atom. The molecule has 0 saturated heterocycles. The zero-order valence-corrected chi connectivity index (χ0v) is 19.1. The van der Waals surface area contributed by atoms with Gasteiger partial charge in [-0.1, -0.05) is 42.5 Å². The minimum atomic E-state index is -0.242. The number of hydrogen-bond acceptors (Lipinski definition) is 4. The van der Waals surface area contributed by atoms with Gasteiger partial charge < -0.3 is 21.3 Å². The van der Waals surface area contributed by atoms with Crippen LogP contribution in [0.15, 0.2) is 72.8 Å². The van der Waals surface area contributed by atoms with Crippen molar-refractivity contribution in [2.24, 2.45) is 5.92 Å². The number of amides is 3. The Kier molecular flexibility index (Phi) is 7.22. The van der Waals surface area contributed by atoms with Crippen LogP contribution in [0.1, 0.15) is 34.3 Å². The predicted molar refractivity (Wildman–Crippen MR) is 134 cm³/mol. The van der Waals surface area contributed by atoms with Gasteiger partial charge in [0.05, 0.1) is 6.54 Å². The van der Waals surface area contributed by atoms with Gasteiger partial charge in [0.1, 0.15) is 0 Å². The lowest BCUT2D eigenvalue weighted by Gasteiger charge is -2.14. The first-order chi connectivity index (χ1) is 16.5. The number of benzene rings is 3. The van der Waals surface area contributed by atoms with Gasteiger partial charge in [0, 0.05) is 35.1 Å². The molecule has 0 radical (unpaired) electrons. The number of carbonyl (C=O) groups excluding carboxylic acids is 3. The Bertz CT molecular complexity index is 1190. The van der Waals surface area contributed by atoms with E-state index >= 15 is 0 Å². The molecular weight excluding hydrogens is 428 g/mol. The number of carbonyl (C=O) groups is 3. The zero-order valence-electron chi connectivity index (χ0n) is 19.1. The average molecular weight is 457 g/mol. The summed E-state index contributed by atoms with van der Waals surface area (Å²) in [5, 5.41) is 11.8. The lowest BCUT2D eigenvalue weighted by atomic mass is 10.1. The Balaban J connectivity index is 1.30. The summed E-state index contributed by atoms with van der Waals surface area (Å²) in [6.07, 6.45) is 1.89. The monoisotopic (exact) mass is 456 g/mol. The summed E-state index contributed by atoms with van der Waals surface area (Å²) in [6.45, 7) is 2.38. The van der Waals surface area contributed by atoms with Gasteiger partial charge in [-0.2, -0.15) is 0 Å². The number of rotatable bonds is 9. The molecule has 174 valence electrons. The highest BCUT2D eigenvalue weighted by molar-refractivity contribution is 5.98. The highest BCUT2D eigenvalue weighted by atomic mass is 16.2. The van der Waals surface area contributed by atoms with Crippen molar-refractivity contribution in [2.45, 2.75) is 26.3 Å². The van der Waals surface area contributed by atoms with Crippen LogP contribution in [0.5, 0.6) is 0 Å². The minimum absolute atomic E-state index is 0.0469. The van der Waals surface area contributed by atoms with E-state index in [4.69, 9.17) is 0 Å². The molecule has 0 aromatic heterocycles. The molecular formula is C27H28N4O3. The summed E-state index contributed by atoms with van der Waals surface area (Å²) in [5.74, 6) is -0.281. The van der Waals surface area contributed by atoms with E-state index < -0.39 is 0 Å². The summed E-state index contributed by atoms with van der Waals surface area (Å²) in [5.41, 5.74) is 4.42. The van der Waals surface area contributed by atoms with Crippen molar-refractivity contribution in [1.29, 1.82) is 0 Å². The molecule has 4 rings (SSSR count). The van der Waals surface area contributed by atoms with Gasteiger partial charge in [-0.3, -0.25) is 14.4 Å². The molecule has 1 saturated carbocycles. The summed E-state index contributed by atoms with van der Waals surface area (Å²) in [7, 11) is 0. The fourth-order valence-corrected chi connectivity index (χ4v) is 3.54.